The van der Waals surface area contributed by atoms with Crippen molar-refractivity contribution in [3.8, 4) is 6.19 Å². The van der Waals surface area contributed by atoms with Crippen molar-refractivity contribution in [2.75, 3.05) is 7.05 Å². The molecule has 0 aliphatic rings. The molecule has 0 aliphatic carbocycles. The van der Waals surface area contributed by atoms with Crippen LogP contribution in [0.1, 0.15) is 0 Å². The molecule has 0 amide bonds. The highest BCUT2D eigenvalue weighted by Crippen LogP contribution is 1.48. The molecule has 0 N–H and O–H groups in total. The molecule has 0 bridgehead atoms. The van der Waals surface area contributed by atoms with Crippen LogP contribution in [-0.2, 0) is 11.5 Å². The molecule has 3 nitrogen and oxygen atoms in total. The lowest BCUT2D eigenvalue weighted by Gasteiger charge is -1.56. The minimum atomic E-state index is 0.147. The fourth-order valence-electron chi connectivity index (χ4n) is 0.0167. The minimum Gasteiger partial charge on any atom is -0.167 e. The van der Waals surface area contributed by atoms with E-state index in [1.165, 1.54) is 7.05 Å². The normalized spacial score (nSPS) is 6.00. The van der Waals surface area contributed by atoms with Gasteiger partial charge in [0, 0.05) is 0 Å². The molecule has 0 saturated carbocycles. The van der Waals surface area contributed by atoms with E-state index in [0.717, 1.165) is 3.95 Å². The average molecular weight is 103 g/mol. The lowest BCUT2D eigenvalue weighted by molar-refractivity contribution is -0.372. The molecule has 0 aromatic carbocycles. The lowest BCUT2D eigenvalue weighted by atomic mass is 11.2. The third kappa shape index (κ3) is 1.61. The molecule has 0 aromatic heterocycles. The summed E-state index contributed by atoms with van der Waals surface area (Å²) in [5.41, 5.74) is 0. The van der Waals surface area contributed by atoms with Crippen LogP contribution in [0.3, 0.4) is 0 Å². The fourth-order valence-corrected chi connectivity index (χ4v) is 0.0500. The Balaban J connectivity index is 3.99. The van der Waals surface area contributed by atoms with E-state index in [1.54, 1.807) is 6.19 Å². The summed E-state index contributed by atoms with van der Waals surface area (Å²) in [4.78, 5) is 0. The van der Waals surface area contributed by atoms with E-state index in [0.29, 0.717) is 0 Å². The van der Waals surface area contributed by atoms with E-state index in [-0.39, 0.29) is 11.5 Å². The van der Waals surface area contributed by atoms with Crippen LogP contribution < -0.4 is 0 Å². The molecule has 0 heterocycles. The van der Waals surface area contributed by atoms with Gasteiger partial charge in [-0.2, -0.15) is 4.21 Å². The Morgan fingerprint density at radius 2 is 2.50 bits per heavy atom. The van der Waals surface area contributed by atoms with Crippen LogP contribution in [0.15, 0.2) is 0 Å². The molecule has 4 heteroatoms. The van der Waals surface area contributed by atoms with Crippen LogP contribution in [0.4, 0.5) is 0 Å². The Labute approximate surface area is 39.0 Å². The molecule has 6 heavy (non-hydrogen) atoms. The zero-order valence-electron chi connectivity index (χ0n) is 3.21. The van der Waals surface area contributed by atoms with Gasteiger partial charge in [-0.05, 0) is 0 Å². The highest BCUT2D eigenvalue weighted by molar-refractivity contribution is 7.51. The first-order valence-corrected chi connectivity index (χ1v) is 1.94. The van der Waals surface area contributed by atoms with Crippen molar-refractivity contribution in [2.24, 2.45) is 0 Å². The summed E-state index contributed by atoms with van der Waals surface area (Å²) in [6.45, 7) is 0. The average Bonchev–Trinajstić information content (AvgIpc) is 1.65. The molecule has 0 radical (unpaired) electrons. The van der Waals surface area contributed by atoms with E-state index in [9.17, 15) is 4.21 Å². The van der Waals surface area contributed by atoms with Gasteiger partial charge in [0.15, 0.2) is 5.26 Å². The Bertz CT molecular complexity index is 129. The van der Waals surface area contributed by atoms with Crippen molar-refractivity contribution >= 4 is 11.5 Å². The van der Waals surface area contributed by atoms with Gasteiger partial charge in [0.2, 0.25) is 0 Å². The van der Waals surface area contributed by atoms with E-state index in [4.69, 9.17) is 5.26 Å². The van der Waals surface area contributed by atoms with Gasteiger partial charge in [0.1, 0.15) is 7.05 Å². The summed E-state index contributed by atoms with van der Waals surface area (Å²) in [7, 11) is 1.40. The summed E-state index contributed by atoms with van der Waals surface area (Å²) >= 11 is 0.147. The second kappa shape index (κ2) is 2.54. The maximum absolute atomic E-state index is 9.48. The Hall–Kier alpha value is -0.690. The van der Waals surface area contributed by atoms with E-state index in [1.807, 2.05) is 0 Å². The van der Waals surface area contributed by atoms with Crippen molar-refractivity contribution in [2.45, 2.75) is 0 Å². The van der Waals surface area contributed by atoms with Crippen LogP contribution in [0.5, 0.6) is 0 Å². The topological polar surface area (TPSA) is 43.9 Å². The molecule has 0 atom stereocenters. The van der Waals surface area contributed by atoms with Gasteiger partial charge in [-0.15, -0.1) is 0 Å². The molecule has 0 fully saturated rings. The van der Waals surface area contributed by atoms with Crippen molar-refractivity contribution in [3.63, 3.8) is 0 Å². The van der Waals surface area contributed by atoms with Gasteiger partial charge in [0.05, 0.1) is 0 Å². The third-order valence-corrected chi connectivity index (χ3v) is 0.558. The van der Waals surface area contributed by atoms with Crippen LogP contribution >= 0.6 is 0 Å². The SMILES string of the molecule is C[N+](C#N)=S=O. The highest BCUT2D eigenvalue weighted by atomic mass is 32.1. The van der Waals surface area contributed by atoms with Gasteiger partial charge in [-0.3, -0.25) is 0 Å². The Kier molecular flexibility index (Phi) is 2.25. The predicted molar refractivity (Wildman–Crippen MR) is 19.9 cm³/mol. The molecule has 0 rings (SSSR count). The lowest BCUT2D eigenvalue weighted by Crippen LogP contribution is -1.86. The number of hydrogen-bond donors (Lipinski definition) is 0. The quantitative estimate of drug-likeness (QED) is 0.236. The number of nitrogens with zero attached hydrogens (tertiary/aromatic N) is 2. The molecular formula is C2H3N2OS+. The molecule has 0 aromatic rings. The highest BCUT2D eigenvalue weighted by Gasteiger charge is 1.80. The second-order valence-electron chi connectivity index (χ2n) is 0.672. The monoisotopic (exact) mass is 103 g/mol. The summed E-state index contributed by atoms with van der Waals surface area (Å²) in [5.74, 6) is 0. The van der Waals surface area contributed by atoms with Gasteiger partial charge in [-0.1, -0.05) is 3.95 Å². The van der Waals surface area contributed by atoms with E-state index >= 15 is 0 Å². The molecule has 0 spiro atoms. The molecular weight excluding hydrogens is 100 g/mol. The number of rotatable bonds is 0. The van der Waals surface area contributed by atoms with Gasteiger partial charge >= 0.3 is 6.19 Å². The van der Waals surface area contributed by atoms with Crippen LogP contribution in [0, 0.1) is 11.5 Å². The predicted octanol–water partition coefficient (Wildman–Crippen LogP) is -0.494. The zero-order valence-corrected chi connectivity index (χ0v) is 4.03. The third-order valence-electron chi connectivity index (χ3n) is 0.253. The summed E-state index contributed by atoms with van der Waals surface area (Å²) in [6.07, 6.45) is 1.60. The smallest absolute Gasteiger partial charge is 0.167 e. The van der Waals surface area contributed by atoms with Crippen molar-refractivity contribution in [1.29, 1.82) is 5.26 Å². The van der Waals surface area contributed by atoms with Crippen molar-refractivity contribution in [3.05, 3.63) is 0 Å². The molecule has 32 valence electrons. The summed E-state index contributed by atoms with van der Waals surface area (Å²) in [6, 6.07) is 0. The molecule has 0 unspecified atom stereocenters. The first kappa shape index (κ1) is 5.31. The van der Waals surface area contributed by atoms with Crippen LogP contribution in [0.25, 0.3) is 0 Å². The molecule has 0 aliphatic heterocycles. The first-order valence-electron chi connectivity index (χ1n) is 1.24. The van der Waals surface area contributed by atoms with E-state index in [2.05, 4.69) is 0 Å². The largest absolute Gasteiger partial charge is 0.473 e. The Morgan fingerprint density at radius 1 is 2.00 bits per heavy atom. The summed E-state index contributed by atoms with van der Waals surface area (Å²) < 4.78 is 10.4. The van der Waals surface area contributed by atoms with E-state index < -0.39 is 0 Å². The van der Waals surface area contributed by atoms with Crippen LogP contribution in [-0.4, -0.2) is 15.2 Å². The Morgan fingerprint density at radius 3 is 2.50 bits per heavy atom. The zero-order chi connectivity index (χ0) is 4.99. The van der Waals surface area contributed by atoms with Crippen molar-refractivity contribution < 1.29 is 8.15 Å². The summed E-state index contributed by atoms with van der Waals surface area (Å²) in [5, 5.41) is 7.79. The second-order valence-corrected chi connectivity index (χ2v) is 1.37. The van der Waals surface area contributed by atoms with Gasteiger partial charge in [-0.25, -0.2) is 0 Å². The standard InChI is InChI=1S/C2H3N2OS/c1-4(2-3)6-5/h1H3/q+1. The maximum atomic E-state index is 9.48. The number of nitriles is 1. The maximum Gasteiger partial charge on any atom is 0.473 e. The van der Waals surface area contributed by atoms with Gasteiger partial charge < -0.3 is 0 Å². The number of hydrogen-bond acceptors (Lipinski definition) is 2. The van der Waals surface area contributed by atoms with Gasteiger partial charge in [0.25, 0.3) is 11.5 Å². The first-order chi connectivity index (χ1) is 2.81. The fraction of sp³-hybridized carbons (Fsp3) is 0.500. The van der Waals surface area contributed by atoms with Crippen molar-refractivity contribution in [1.82, 2.24) is 0 Å². The minimum absolute atomic E-state index is 0.147. The van der Waals surface area contributed by atoms with Crippen LogP contribution in [0.2, 0.25) is 0 Å². The molecule has 0 saturated heterocycles.